The molecule has 0 atom stereocenters. The van der Waals surface area contributed by atoms with Gasteiger partial charge in [-0.25, -0.2) is 4.90 Å². The Bertz CT molecular complexity index is 1210. The number of nitrogens with zero attached hydrogens (tertiary/aromatic N) is 4. The van der Waals surface area contributed by atoms with Crippen molar-refractivity contribution in [1.82, 2.24) is 19.6 Å². The molecule has 1 aromatic heterocycles. The van der Waals surface area contributed by atoms with E-state index in [4.69, 9.17) is 24.0 Å². The molecule has 0 amide bonds. The highest BCUT2D eigenvalue weighted by Gasteiger charge is 2.38. The summed E-state index contributed by atoms with van der Waals surface area (Å²) in [5.41, 5.74) is 2.86. The number of fused-ring (bicyclic) bond motifs is 1. The quantitative estimate of drug-likeness (QED) is 0.373. The van der Waals surface area contributed by atoms with Crippen molar-refractivity contribution in [2.75, 3.05) is 61.2 Å². The van der Waals surface area contributed by atoms with Crippen LogP contribution in [0, 0.1) is 0 Å². The van der Waals surface area contributed by atoms with Gasteiger partial charge in [-0.15, -0.1) is 0 Å². The molecule has 2 aromatic carbocycles. The second-order valence-electron chi connectivity index (χ2n) is 8.88. The first-order valence-corrected chi connectivity index (χ1v) is 12.1. The minimum Gasteiger partial charge on any atom is -0.493 e. The van der Waals surface area contributed by atoms with Crippen LogP contribution in [0.4, 0.5) is 13.2 Å². The number of halogens is 3. The van der Waals surface area contributed by atoms with Crippen LogP contribution in [0.1, 0.15) is 11.3 Å². The van der Waals surface area contributed by atoms with Crippen LogP contribution in [0.3, 0.4) is 0 Å². The van der Waals surface area contributed by atoms with Crippen LogP contribution in [0.25, 0.3) is 10.9 Å². The highest BCUT2D eigenvalue weighted by atomic mass is 19.4. The number of aryl methyl sites for hydroxylation is 2. The first kappa shape index (κ1) is 26.9. The molecule has 8 nitrogen and oxygen atoms in total. The van der Waals surface area contributed by atoms with Gasteiger partial charge in [-0.05, 0) is 30.2 Å². The number of hydrogen-bond acceptors (Lipinski definition) is 7. The molecule has 0 saturated carbocycles. The molecule has 1 aliphatic rings. The van der Waals surface area contributed by atoms with E-state index in [1.807, 2.05) is 35.0 Å². The van der Waals surface area contributed by atoms with E-state index in [9.17, 15) is 13.2 Å². The third-order valence-corrected chi connectivity index (χ3v) is 6.79. The fourth-order valence-corrected chi connectivity index (χ4v) is 4.68. The number of alkyl halides is 3. The number of ether oxygens (including phenoxy) is 4. The smallest absolute Gasteiger partial charge is 0.460 e. The summed E-state index contributed by atoms with van der Waals surface area (Å²) in [4.78, 5) is 2.62. The molecule has 2 heterocycles. The van der Waals surface area contributed by atoms with Crippen molar-refractivity contribution in [1.29, 1.82) is 0 Å². The summed E-state index contributed by atoms with van der Waals surface area (Å²) in [6.45, 7) is 1.95. The molecule has 202 valence electrons. The van der Waals surface area contributed by atoms with Gasteiger partial charge in [0.2, 0.25) is 0 Å². The Kier molecular flexibility index (Phi) is 8.33. The van der Waals surface area contributed by atoms with E-state index in [1.54, 1.807) is 28.4 Å². The van der Waals surface area contributed by atoms with Crippen LogP contribution in [-0.2, 0) is 19.4 Å². The molecule has 1 fully saturated rings. The van der Waals surface area contributed by atoms with Gasteiger partial charge in [-0.2, -0.15) is 18.3 Å². The van der Waals surface area contributed by atoms with Gasteiger partial charge >= 0.3 is 6.30 Å². The van der Waals surface area contributed by atoms with E-state index in [2.05, 4.69) is 4.90 Å². The van der Waals surface area contributed by atoms with Crippen LogP contribution in [0.15, 0.2) is 30.3 Å². The van der Waals surface area contributed by atoms with Gasteiger partial charge in [0.05, 0.1) is 39.6 Å². The first-order chi connectivity index (χ1) is 17.8. The van der Waals surface area contributed by atoms with E-state index >= 15 is 0 Å². The molecule has 11 heteroatoms. The van der Waals surface area contributed by atoms with E-state index in [-0.39, 0.29) is 13.1 Å². The molecule has 4 rings (SSSR count). The van der Waals surface area contributed by atoms with Crippen LogP contribution < -0.4 is 18.9 Å². The monoisotopic (exact) mass is 522 g/mol. The average Bonchev–Trinajstić information content (AvgIpc) is 3.25. The summed E-state index contributed by atoms with van der Waals surface area (Å²) in [5.74, 6) is 2.56. The summed E-state index contributed by atoms with van der Waals surface area (Å²) in [6, 6.07) is 9.67. The maximum atomic E-state index is 13.0. The summed E-state index contributed by atoms with van der Waals surface area (Å²) >= 11 is 0. The van der Waals surface area contributed by atoms with Crippen molar-refractivity contribution in [3.63, 3.8) is 0 Å². The summed E-state index contributed by atoms with van der Waals surface area (Å²) in [5, 5.41) is 5.85. The van der Waals surface area contributed by atoms with Crippen LogP contribution in [0.2, 0.25) is 0 Å². The van der Waals surface area contributed by atoms with Gasteiger partial charge in [-0.1, -0.05) is 6.07 Å². The molecule has 0 spiro atoms. The minimum atomic E-state index is -4.27. The van der Waals surface area contributed by atoms with E-state index in [0.717, 1.165) is 22.2 Å². The summed E-state index contributed by atoms with van der Waals surface area (Å²) in [7, 11) is 6.39. The van der Waals surface area contributed by atoms with Gasteiger partial charge in [0.1, 0.15) is 0 Å². The Balaban J connectivity index is 1.54. The Morgan fingerprint density at radius 2 is 1.38 bits per heavy atom. The lowest BCUT2D eigenvalue weighted by Gasteiger charge is -2.35. The summed E-state index contributed by atoms with van der Waals surface area (Å²) in [6.07, 6.45) is -2.95. The van der Waals surface area contributed by atoms with Crippen LogP contribution in [-0.4, -0.2) is 87.0 Å². The maximum Gasteiger partial charge on any atom is 0.460 e. The van der Waals surface area contributed by atoms with Crippen molar-refractivity contribution in [3.8, 4) is 23.0 Å². The van der Waals surface area contributed by atoms with Gasteiger partial charge in [0, 0.05) is 57.1 Å². The normalized spacial score (nSPS) is 15.2. The SMILES string of the molecule is COc1ccc(CCn2nc(CCN3CCN(C(F)(F)F)CC3)c3cc(OC)c(OC)cc32)cc1OC. The van der Waals surface area contributed by atoms with E-state index < -0.39 is 6.30 Å². The molecule has 0 radical (unpaired) electrons. The number of rotatable bonds is 10. The molecule has 37 heavy (non-hydrogen) atoms. The van der Waals surface area contributed by atoms with Crippen molar-refractivity contribution in [3.05, 3.63) is 41.6 Å². The molecule has 1 saturated heterocycles. The molecule has 0 aliphatic carbocycles. The molecular weight excluding hydrogens is 489 g/mol. The first-order valence-electron chi connectivity index (χ1n) is 12.1. The standard InChI is InChI=1S/C26H33F3N4O4/c1-34-22-6-5-18(15-23(22)35-2)7-10-33-21-17-25(37-4)24(36-3)16-19(21)20(30-33)8-9-31-11-13-32(14-12-31)26(27,28)29/h5-6,15-17H,7-14H2,1-4H3. The van der Waals surface area contributed by atoms with Crippen molar-refractivity contribution in [2.24, 2.45) is 0 Å². The third-order valence-electron chi connectivity index (χ3n) is 6.79. The second-order valence-corrected chi connectivity index (χ2v) is 8.88. The Labute approximate surface area is 214 Å². The lowest BCUT2D eigenvalue weighted by Crippen LogP contribution is -2.52. The number of benzene rings is 2. The van der Waals surface area contributed by atoms with Gasteiger partial charge in [0.25, 0.3) is 0 Å². The fourth-order valence-electron chi connectivity index (χ4n) is 4.68. The second kappa shape index (κ2) is 11.5. The van der Waals surface area contributed by atoms with Crippen LogP contribution >= 0.6 is 0 Å². The Morgan fingerprint density at radius 1 is 0.757 bits per heavy atom. The maximum absolute atomic E-state index is 13.0. The molecule has 0 bridgehead atoms. The predicted octanol–water partition coefficient (Wildman–Crippen LogP) is 3.99. The van der Waals surface area contributed by atoms with Gasteiger partial charge < -0.3 is 23.8 Å². The Morgan fingerprint density at radius 3 is 2.00 bits per heavy atom. The summed E-state index contributed by atoms with van der Waals surface area (Å²) < 4.78 is 62.6. The Hall–Kier alpha value is -3.18. The fraction of sp³-hybridized carbons (Fsp3) is 0.500. The molecule has 3 aromatic rings. The van der Waals surface area contributed by atoms with E-state index in [0.29, 0.717) is 66.9 Å². The highest BCUT2D eigenvalue weighted by molar-refractivity contribution is 5.86. The minimum absolute atomic E-state index is 0.0188. The molecule has 0 unspecified atom stereocenters. The number of piperazine rings is 1. The van der Waals surface area contributed by atoms with Gasteiger partial charge in [0.15, 0.2) is 23.0 Å². The van der Waals surface area contributed by atoms with Crippen molar-refractivity contribution >= 4 is 10.9 Å². The molecular formula is C26H33F3N4O4. The van der Waals surface area contributed by atoms with Crippen molar-refractivity contribution in [2.45, 2.75) is 25.7 Å². The number of methoxy groups -OCH3 is 4. The largest absolute Gasteiger partial charge is 0.493 e. The zero-order chi connectivity index (χ0) is 26.6. The van der Waals surface area contributed by atoms with Gasteiger partial charge in [-0.3, -0.25) is 4.68 Å². The third kappa shape index (κ3) is 6.04. The molecule has 1 aliphatic heterocycles. The highest BCUT2D eigenvalue weighted by Crippen LogP contribution is 2.34. The topological polar surface area (TPSA) is 61.2 Å². The van der Waals surface area contributed by atoms with E-state index in [1.165, 1.54) is 0 Å². The average molecular weight is 523 g/mol. The molecule has 0 N–H and O–H groups in total. The van der Waals surface area contributed by atoms with Crippen LogP contribution in [0.5, 0.6) is 23.0 Å². The number of aromatic nitrogens is 2. The number of hydrogen-bond donors (Lipinski definition) is 0. The predicted molar refractivity (Wildman–Crippen MR) is 134 cm³/mol. The van der Waals surface area contributed by atoms with Crippen molar-refractivity contribution < 1.29 is 32.1 Å². The lowest BCUT2D eigenvalue weighted by atomic mass is 10.1. The zero-order valence-electron chi connectivity index (χ0n) is 21.6. The zero-order valence-corrected chi connectivity index (χ0v) is 21.6. The lowest BCUT2D eigenvalue weighted by molar-refractivity contribution is -0.252.